The number of piperidine rings is 1. The van der Waals surface area contributed by atoms with Gasteiger partial charge >= 0.3 is 5.97 Å². The number of hydrogen-bond acceptors (Lipinski definition) is 7. The number of anilines is 1. The van der Waals surface area contributed by atoms with E-state index in [1.165, 1.54) is 11.3 Å². The van der Waals surface area contributed by atoms with Crippen molar-refractivity contribution >= 4 is 22.4 Å². The van der Waals surface area contributed by atoms with Crippen LogP contribution in [-0.4, -0.2) is 40.8 Å². The van der Waals surface area contributed by atoms with Crippen LogP contribution in [0.4, 0.5) is 5.13 Å². The maximum Gasteiger partial charge on any atom is 0.310 e. The van der Waals surface area contributed by atoms with E-state index in [0.29, 0.717) is 13.2 Å². The van der Waals surface area contributed by atoms with Crippen LogP contribution < -0.4 is 4.90 Å². The third-order valence-corrected chi connectivity index (χ3v) is 4.62. The Kier molecular flexibility index (Phi) is 4.62. The minimum absolute atomic E-state index is 0.0732. The maximum absolute atomic E-state index is 11.9. The normalized spacial score (nSPS) is 18.2. The molecular weight excluding hydrogens is 300 g/mol. The second kappa shape index (κ2) is 6.83. The third-order valence-electron chi connectivity index (χ3n) is 3.61. The number of aromatic nitrogens is 3. The highest BCUT2D eigenvalue weighted by Gasteiger charge is 2.28. The molecule has 22 heavy (non-hydrogen) atoms. The van der Waals surface area contributed by atoms with Crippen LogP contribution in [0.2, 0.25) is 0 Å². The molecule has 0 unspecified atom stereocenters. The minimum atomic E-state index is -0.110. The first-order valence-corrected chi connectivity index (χ1v) is 8.26. The molecule has 0 spiro atoms. The second-order valence-corrected chi connectivity index (χ2v) is 6.10. The van der Waals surface area contributed by atoms with Crippen molar-refractivity contribution in [1.29, 1.82) is 0 Å². The summed E-state index contributed by atoms with van der Waals surface area (Å²) in [5.74, 6) is -0.183. The molecule has 1 atom stereocenters. The molecule has 0 amide bonds. The largest absolute Gasteiger partial charge is 0.466 e. The maximum atomic E-state index is 11.9. The van der Waals surface area contributed by atoms with Gasteiger partial charge in [0.1, 0.15) is 5.69 Å². The Morgan fingerprint density at radius 3 is 3.14 bits per heavy atom. The molecular formula is C15H18N4O2S. The standard InChI is InChI=1S/C15H18N4O2S/c1-2-21-14(20)11-6-5-9-19(10-11)15-18-17-13(22-15)12-7-3-4-8-16-12/h3-4,7-8,11H,2,5-6,9-10H2,1H3/t11-/m0/s1. The zero-order chi connectivity index (χ0) is 15.4. The van der Waals surface area contributed by atoms with Gasteiger partial charge in [-0.25, -0.2) is 0 Å². The average molecular weight is 318 g/mol. The summed E-state index contributed by atoms with van der Waals surface area (Å²) in [5.41, 5.74) is 0.824. The summed E-state index contributed by atoms with van der Waals surface area (Å²) in [6.45, 7) is 3.81. The van der Waals surface area contributed by atoms with E-state index in [9.17, 15) is 4.79 Å². The molecule has 3 heterocycles. The molecule has 1 aliphatic rings. The first-order chi connectivity index (χ1) is 10.8. The van der Waals surface area contributed by atoms with Gasteiger partial charge in [-0.3, -0.25) is 9.78 Å². The van der Waals surface area contributed by atoms with E-state index in [4.69, 9.17) is 4.74 Å². The highest BCUT2D eigenvalue weighted by molar-refractivity contribution is 7.18. The molecule has 0 aliphatic carbocycles. The Balaban J connectivity index is 1.72. The fourth-order valence-corrected chi connectivity index (χ4v) is 3.40. The monoisotopic (exact) mass is 318 g/mol. The molecule has 0 bridgehead atoms. The first-order valence-electron chi connectivity index (χ1n) is 7.44. The number of carbonyl (C=O) groups excluding carboxylic acids is 1. The summed E-state index contributed by atoms with van der Waals surface area (Å²) in [7, 11) is 0. The van der Waals surface area contributed by atoms with Crippen molar-refractivity contribution in [3.05, 3.63) is 24.4 Å². The molecule has 1 saturated heterocycles. The molecule has 0 radical (unpaired) electrons. The highest BCUT2D eigenvalue weighted by atomic mass is 32.1. The van der Waals surface area contributed by atoms with Gasteiger partial charge in [0.05, 0.1) is 12.5 Å². The lowest BCUT2D eigenvalue weighted by Gasteiger charge is -2.30. The molecule has 3 rings (SSSR count). The summed E-state index contributed by atoms with van der Waals surface area (Å²) >= 11 is 1.51. The van der Waals surface area contributed by atoms with E-state index in [1.807, 2.05) is 25.1 Å². The number of pyridine rings is 1. The molecule has 1 fully saturated rings. The Morgan fingerprint density at radius 2 is 2.36 bits per heavy atom. The molecule has 0 N–H and O–H groups in total. The Morgan fingerprint density at radius 1 is 1.45 bits per heavy atom. The number of rotatable bonds is 4. The van der Waals surface area contributed by atoms with Gasteiger partial charge in [-0.2, -0.15) is 0 Å². The van der Waals surface area contributed by atoms with Crippen molar-refractivity contribution in [3.63, 3.8) is 0 Å². The number of esters is 1. The van der Waals surface area contributed by atoms with E-state index in [2.05, 4.69) is 20.1 Å². The molecule has 116 valence electrons. The van der Waals surface area contributed by atoms with Gasteiger partial charge in [0.2, 0.25) is 5.13 Å². The molecule has 2 aromatic rings. The van der Waals surface area contributed by atoms with Gasteiger partial charge in [-0.05, 0) is 31.9 Å². The highest BCUT2D eigenvalue weighted by Crippen LogP contribution is 2.30. The van der Waals surface area contributed by atoms with Crippen molar-refractivity contribution in [1.82, 2.24) is 15.2 Å². The van der Waals surface area contributed by atoms with E-state index in [-0.39, 0.29) is 11.9 Å². The summed E-state index contributed by atoms with van der Waals surface area (Å²) in [6, 6.07) is 5.73. The Labute approximate surface area is 133 Å². The zero-order valence-corrected chi connectivity index (χ0v) is 13.3. The SMILES string of the molecule is CCOC(=O)[C@H]1CCCN(c2nnc(-c3ccccn3)s2)C1. The summed E-state index contributed by atoms with van der Waals surface area (Å²) in [5, 5.41) is 10.1. The van der Waals surface area contributed by atoms with Crippen LogP contribution in [0.15, 0.2) is 24.4 Å². The lowest BCUT2D eigenvalue weighted by molar-refractivity contribution is -0.148. The summed E-state index contributed by atoms with van der Waals surface area (Å²) in [6.07, 6.45) is 3.58. The van der Waals surface area contributed by atoms with Crippen LogP contribution >= 0.6 is 11.3 Å². The molecule has 2 aromatic heterocycles. The molecule has 0 aromatic carbocycles. The quantitative estimate of drug-likeness (QED) is 0.806. The second-order valence-electron chi connectivity index (χ2n) is 5.14. The molecule has 1 aliphatic heterocycles. The van der Waals surface area contributed by atoms with Crippen molar-refractivity contribution in [3.8, 4) is 10.7 Å². The Bertz CT molecular complexity index is 631. The van der Waals surface area contributed by atoms with E-state index >= 15 is 0 Å². The number of carbonyl (C=O) groups is 1. The van der Waals surface area contributed by atoms with E-state index in [0.717, 1.165) is 35.2 Å². The smallest absolute Gasteiger partial charge is 0.310 e. The van der Waals surface area contributed by atoms with Gasteiger partial charge < -0.3 is 9.64 Å². The molecule has 0 saturated carbocycles. The topological polar surface area (TPSA) is 68.2 Å². The van der Waals surface area contributed by atoms with Crippen LogP contribution in [-0.2, 0) is 9.53 Å². The van der Waals surface area contributed by atoms with Gasteiger partial charge in [0.25, 0.3) is 0 Å². The predicted molar refractivity (Wildman–Crippen MR) is 84.7 cm³/mol. The number of ether oxygens (including phenoxy) is 1. The summed E-state index contributed by atoms with van der Waals surface area (Å²) in [4.78, 5) is 18.3. The van der Waals surface area contributed by atoms with Crippen LogP contribution in [0, 0.1) is 5.92 Å². The summed E-state index contributed by atoms with van der Waals surface area (Å²) < 4.78 is 5.13. The lowest BCUT2D eigenvalue weighted by atomic mass is 9.99. The van der Waals surface area contributed by atoms with Crippen LogP contribution in [0.1, 0.15) is 19.8 Å². The van der Waals surface area contributed by atoms with E-state index in [1.54, 1.807) is 6.20 Å². The van der Waals surface area contributed by atoms with Crippen molar-refractivity contribution in [2.45, 2.75) is 19.8 Å². The first kappa shape index (κ1) is 14.9. The van der Waals surface area contributed by atoms with Gasteiger partial charge in [0.15, 0.2) is 5.01 Å². The van der Waals surface area contributed by atoms with Crippen LogP contribution in [0.25, 0.3) is 10.7 Å². The van der Waals surface area contributed by atoms with Gasteiger partial charge in [-0.15, -0.1) is 10.2 Å². The lowest BCUT2D eigenvalue weighted by Crippen LogP contribution is -2.39. The number of hydrogen-bond donors (Lipinski definition) is 0. The fourth-order valence-electron chi connectivity index (χ4n) is 2.54. The Hall–Kier alpha value is -2.02. The minimum Gasteiger partial charge on any atom is -0.466 e. The van der Waals surface area contributed by atoms with E-state index < -0.39 is 0 Å². The van der Waals surface area contributed by atoms with Crippen molar-refractivity contribution < 1.29 is 9.53 Å². The van der Waals surface area contributed by atoms with Gasteiger partial charge in [0, 0.05) is 19.3 Å². The third kappa shape index (κ3) is 3.24. The predicted octanol–water partition coefficient (Wildman–Crippen LogP) is 2.38. The van der Waals surface area contributed by atoms with Crippen molar-refractivity contribution in [2.24, 2.45) is 5.92 Å². The molecule has 6 nitrogen and oxygen atoms in total. The van der Waals surface area contributed by atoms with Gasteiger partial charge in [-0.1, -0.05) is 17.4 Å². The fraction of sp³-hybridized carbons (Fsp3) is 0.467. The van der Waals surface area contributed by atoms with Crippen LogP contribution in [0.3, 0.4) is 0 Å². The zero-order valence-electron chi connectivity index (χ0n) is 12.4. The average Bonchev–Trinajstić information content (AvgIpc) is 3.06. The van der Waals surface area contributed by atoms with Crippen molar-refractivity contribution in [2.75, 3.05) is 24.6 Å². The number of nitrogens with zero attached hydrogens (tertiary/aromatic N) is 4. The molecule has 7 heteroatoms. The van der Waals surface area contributed by atoms with Crippen LogP contribution in [0.5, 0.6) is 0 Å².